The zero-order valence-electron chi connectivity index (χ0n) is 7.69. The topological polar surface area (TPSA) is 0 Å². The van der Waals surface area contributed by atoms with Crippen LogP contribution in [0.2, 0.25) is 0 Å². The Hall–Kier alpha value is -1.29. The standard InChI is InChI=1S/C9H7F.C2H6/c1-3-8-6-4-5-7(2)9(8)10;1-2/h1,4-6H,2H3;1-2H3. The molecule has 0 fully saturated rings. The van der Waals surface area contributed by atoms with Crippen molar-refractivity contribution in [3.63, 3.8) is 0 Å². The molecule has 12 heavy (non-hydrogen) atoms. The Kier molecular flexibility index (Phi) is 4.79. The summed E-state index contributed by atoms with van der Waals surface area (Å²) in [6, 6.07) is 5.02. The molecule has 0 heterocycles. The smallest absolute Gasteiger partial charge is 0.141 e. The molecule has 0 unspecified atom stereocenters. The highest BCUT2D eigenvalue weighted by atomic mass is 19.1. The van der Waals surface area contributed by atoms with Crippen molar-refractivity contribution in [2.24, 2.45) is 0 Å². The lowest BCUT2D eigenvalue weighted by atomic mass is 10.1. The van der Waals surface area contributed by atoms with E-state index >= 15 is 0 Å². The van der Waals surface area contributed by atoms with E-state index in [4.69, 9.17) is 6.42 Å². The van der Waals surface area contributed by atoms with Gasteiger partial charge >= 0.3 is 0 Å². The van der Waals surface area contributed by atoms with Gasteiger partial charge in [0.2, 0.25) is 0 Å². The summed E-state index contributed by atoms with van der Waals surface area (Å²) in [5.74, 6) is 1.97. The molecular weight excluding hydrogens is 151 g/mol. The third-order valence-electron chi connectivity index (χ3n) is 1.35. The molecule has 0 nitrogen and oxygen atoms in total. The van der Waals surface area contributed by atoms with Gasteiger partial charge in [0, 0.05) is 0 Å². The van der Waals surface area contributed by atoms with Crippen LogP contribution >= 0.6 is 0 Å². The maximum atomic E-state index is 12.9. The van der Waals surface area contributed by atoms with E-state index < -0.39 is 0 Å². The lowest BCUT2D eigenvalue weighted by Crippen LogP contribution is -1.85. The van der Waals surface area contributed by atoms with E-state index in [1.54, 1.807) is 25.1 Å². The Morgan fingerprint density at radius 1 is 1.33 bits per heavy atom. The monoisotopic (exact) mass is 164 g/mol. The molecule has 0 N–H and O–H groups in total. The lowest BCUT2D eigenvalue weighted by molar-refractivity contribution is 0.615. The predicted octanol–water partition coefficient (Wildman–Crippen LogP) is 3.14. The summed E-state index contributed by atoms with van der Waals surface area (Å²) in [6.45, 7) is 5.69. The second-order valence-corrected chi connectivity index (χ2v) is 2.08. The van der Waals surface area contributed by atoms with Gasteiger partial charge in [-0.1, -0.05) is 31.9 Å². The molecule has 0 radical (unpaired) electrons. The Morgan fingerprint density at radius 3 is 2.33 bits per heavy atom. The fourth-order valence-electron chi connectivity index (χ4n) is 0.759. The van der Waals surface area contributed by atoms with Gasteiger partial charge in [-0.25, -0.2) is 4.39 Å². The van der Waals surface area contributed by atoms with Gasteiger partial charge in [-0.05, 0) is 18.6 Å². The summed E-state index contributed by atoms with van der Waals surface area (Å²) in [4.78, 5) is 0. The number of terminal acetylenes is 1. The van der Waals surface area contributed by atoms with Crippen molar-refractivity contribution in [1.29, 1.82) is 0 Å². The van der Waals surface area contributed by atoms with Crippen molar-refractivity contribution in [3.05, 3.63) is 35.1 Å². The van der Waals surface area contributed by atoms with Crippen LogP contribution in [0.5, 0.6) is 0 Å². The highest BCUT2D eigenvalue weighted by Gasteiger charge is 1.99. The van der Waals surface area contributed by atoms with E-state index in [0.717, 1.165) is 0 Å². The van der Waals surface area contributed by atoms with Crippen molar-refractivity contribution < 1.29 is 4.39 Å². The second-order valence-electron chi connectivity index (χ2n) is 2.08. The minimum absolute atomic E-state index is 0.287. The molecule has 0 bridgehead atoms. The predicted molar refractivity (Wildman–Crippen MR) is 50.4 cm³/mol. The van der Waals surface area contributed by atoms with Gasteiger partial charge in [0.25, 0.3) is 0 Å². The maximum absolute atomic E-state index is 12.9. The highest BCUT2D eigenvalue weighted by molar-refractivity contribution is 5.36. The fourth-order valence-corrected chi connectivity index (χ4v) is 0.759. The molecule has 1 rings (SSSR count). The van der Waals surface area contributed by atoms with Crippen LogP contribution in [0.15, 0.2) is 18.2 Å². The Morgan fingerprint density at radius 2 is 1.92 bits per heavy atom. The zero-order valence-corrected chi connectivity index (χ0v) is 7.69. The normalized spacial score (nSPS) is 7.92. The average Bonchev–Trinajstić information content (AvgIpc) is 2.13. The SMILES string of the molecule is C#Cc1cccc(C)c1F.CC. The first-order chi connectivity index (χ1) is 5.75. The van der Waals surface area contributed by atoms with E-state index in [1.807, 2.05) is 13.8 Å². The third-order valence-corrected chi connectivity index (χ3v) is 1.35. The van der Waals surface area contributed by atoms with Crippen LogP contribution in [0.1, 0.15) is 25.0 Å². The molecule has 0 aliphatic heterocycles. The number of rotatable bonds is 0. The van der Waals surface area contributed by atoms with Crippen molar-refractivity contribution in [1.82, 2.24) is 0 Å². The van der Waals surface area contributed by atoms with E-state index in [0.29, 0.717) is 11.1 Å². The molecule has 1 aromatic carbocycles. The number of halogens is 1. The molecule has 0 saturated heterocycles. The number of aryl methyl sites for hydroxylation is 1. The summed E-state index contributed by atoms with van der Waals surface area (Å²) in [6.07, 6.45) is 5.03. The van der Waals surface area contributed by atoms with E-state index in [1.165, 1.54) is 0 Å². The molecule has 0 amide bonds. The van der Waals surface area contributed by atoms with Crippen LogP contribution in [-0.2, 0) is 0 Å². The average molecular weight is 164 g/mol. The van der Waals surface area contributed by atoms with Crippen LogP contribution in [0.25, 0.3) is 0 Å². The highest BCUT2D eigenvalue weighted by Crippen LogP contribution is 2.09. The van der Waals surface area contributed by atoms with E-state index in [-0.39, 0.29) is 5.82 Å². The minimum atomic E-state index is -0.287. The first-order valence-electron chi connectivity index (χ1n) is 3.97. The Balaban J connectivity index is 0.000000561. The quantitative estimate of drug-likeness (QED) is 0.517. The zero-order chi connectivity index (χ0) is 9.56. The van der Waals surface area contributed by atoms with Crippen molar-refractivity contribution in [3.8, 4) is 12.3 Å². The van der Waals surface area contributed by atoms with Gasteiger partial charge in [-0.2, -0.15) is 0 Å². The van der Waals surface area contributed by atoms with Crippen LogP contribution in [0.3, 0.4) is 0 Å². The molecule has 1 heteroatoms. The molecule has 0 aromatic heterocycles. The Labute approximate surface area is 73.4 Å². The summed E-state index contributed by atoms with van der Waals surface area (Å²) in [7, 11) is 0. The number of hydrogen-bond acceptors (Lipinski definition) is 0. The van der Waals surface area contributed by atoms with Gasteiger partial charge in [0.1, 0.15) is 5.82 Å². The molecule has 0 aliphatic rings. The van der Waals surface area contributed by atoms with Crippen LogP contribution in [0, 0.1) is 25.1 Å². The van der Waals surface area contributed by atoms with Gasteiger partial charge in [-0.3, -0.25) is 0 Å². The van der Waals surface area contributed by atoms with Gasteiger partial charge in [0.15, 0.2) is 0 Å². The molecular formula is C11H13F. The van der Waals surface area contributed by atoms with Gasteiger partial charge in [0.05, 0.1) is 5.56 Å². The molecule has 1 aromatic rings. The lowest BCUT2D eigenvalue weighted by Gasteiger charge is -1.96. The summed E-state index contributed by atoms with van der Waals surface area (Å²) < 4.78 is 12.9. The molecule has 0 spiro atoms. The van der Waals surface area contributed by atoms with E-state index in [2.05, 4.69) is 5.92 Å². The van der Waals surface area contributed by atoms with Crippen LogP contribution < -0.4 is 0 Å². The van der Waals surface area contributed by atoms with Gasteiger partial charge in [-0.15, -0.1) is 6.42 Å². The van der Waals surface area contributed by atoms with Crippen molar-refractivity contribution in [2.75, 3.05) is 0 Å². The number of hydrogen-bond donors (Lipinski definition) is 0. The number of benzene rings is 1. The second kappa shape index (κ2) is 5.37. The van der Waals surface area contributed by atoms with Gasteiger partial charge < -0.3 is 0 Å². The maximum Gasteiger partial charge on any atom is 0.141 e. The first-order valence-corrected chi connectivity index (χ1v) is 3.97. The van der Waals surface area contributed by atoms with E-state index in [9.17, 15) is 4.39 Å². The Bertz CT molecular complexity index is 282. The van der Waals surface area contributed by atoms with Crippen LogP contribution in [-0.4, -0.2) is 0 Å². The summed E-state index contributed by atoms with van der Waals surface area (Å²) in [5, 5.41) is 0. The summed E-state index contributed by atoms with van der Waals surface area (Å²) >= 11 is 0. The largest absolute Gasteiger partial charge is 0.205 e. The minimum Gasteiger partial charge on any atom is -0.205 e. The molecule has 64 valence electrons. The van der Waals surface area contributed by atoms with Crippen LogP contribution in [0.4, 0.5) is 4.39 Å². The first kappa shape index (κ1) is 10.7. The fraction of sp³-hybridized carbons (Fsp3) is 0.273. The van der Waals surface area contributed by atoms with Crippen molar-refractivity contribution in [2.45, 2.75) is 20.8 Å². The molecule has 0 atom stereocenters. The third kappa shape index (κ3) is 2.39. The molecule has 0 saturated carbocycles. The van der Waals surface area contributed by atoms with Crippen molar-refractivity contribution >= 4 is 0 Å². The molecule has 0 aliphatic carbocycles. The summed E-state index contributed by atoms with van der Waals surface area (Å²) in [5.41, 5.74) is 0.926.